The van der Waals surface area contributed by atoms with E-state index in [1.165, 1.54) is 6.33 Å². The van der Waals surface area contributed by atoms with Crippen molar-refractivity contribution in [2.45, 2.75) is 24.5 Å². The van der Waals surface area contributed by atoms with Gasteiger partial charge in [0.25, 0.3) is 6.02 Å². The fraction of sp³-hybridized carbons (Fsp3) is 0.312. The largest absolute Gasteiger partial charge is 0.463 e. The Morgan fingerprint density at radius 1 is 1.27 bits per heavy atom. The molecule has 6 heteroatoms. The zero-order valence-electron chi connectivity index (χ0n) is 11.9. The van der Waals surface area contributed by atoms with Gasteiger partial charge in [0.15, 0.2) is 0 Å². The summed E-state index contributed by atoms with van der Waals surface area (Å²) in [5, 5.41) is 10.8. The Labute approximate surface area is 127 Å². The topological polar surface area (TPSA) is 93.6 Å². The summed E-state index contributed by atoms with van der Waals surface area (Å²) >= 11 is 0. The molecule has 3 N–H and O–H groups in total. The van der Waals surface area contributed by atoms with Gasteiger partial charge < -0.3 is 15.6 Å². The molecule has 0 radical (unpaired) electrons. The predicted octanol–water partition coefficient (Wildman–Crippen LogP) is 1.21. The number of ether oxygens (including phenoxy) is 1. The number of nitrogens with two attached hydrogens (primary N) is 1. The minimum atomic E-state index is -0.720. The van der Waals surface area contributed by atoms with Crippen LogP contribution in [0.5, 0.6) is 0 Å². The van der Waals surface area contributed by atoms with Crippen LogP contribution in [-0.4, -0.2) is 33.2 Å². The van der Waals surface area contributed by atoms with Crippen molar-refractivity contribution in [3.8, 4) is 11.1 Å². The van der Waals surface area contributed by atoms with Gasteiger partial charge in [-0.25, -0.2) is 15.0 Å². The molecular formula is C16H16N4O2. The molecule has 0 bridgehead atoms. The molecular weight excluding hydrogens is 280 g/mol. The maximum atomic E-state index is 10.8. The van der Waals surface area contributed by atoms with Gasteiger partial charge in [-0.2, -0.15) is 0 Å². The molecule has 1 spiro atoms. The molecule has 112 valence electrons. The fourth-order valence-corrected chi connectivity index (χ4v) is 3.37. The van der Waals surface area contributed by atoms with Gasteiger partial charge in [0.05, 0.1) is 0 Å². The summed E-state index contributed by atoms with van der Waals surface area (Å²) in [7, 11) is 0. The van der Waals surface area contributed by atoms with E-state index in [0.717, 1.165) is 28.7 Å². The number of nitrogens with zero attached hydrogens (tertiary/aromatic N) is 3. The number of amidine groups is 1. The van der Waals surface area contributed by atoms with Crippen LogP contribution in [0, 0.1) is 0 Å². The van der Waals surface area contributed by atoms with Crippen molar-refractivity contribution >= 4 is 6.02 Å². The van der Waals surface area contributed by atoms with E-state index in [1.54, 1.807) is 12.4 Å². The van der Waals surface area contributed by atoms with Gasteiger partial charge in [0, 0.05) is 18.0 Å². The summed E-state index contributed by atoms with van der Waals surface area (Å²) in [6, 6.07) is 6.07. The van der Waals surface area contributed by atoms with Crippen molar-refractivity contribution in [1.82, 2.24) is 9.97 Å². The van der Waals surface area contributed by atoms with Crippen LogP contribution in [0.15, 0.2) is 41.9 Å². The highest BCUT2D eigenvalue weighted by atomic mass is 16.5. The molecule has 1 unspecified atom stereocenters. The average molecular weight is 296 g/mol. The Bertz CT molecular complexity index is 747. The molecule has 2 aromatic rings. The van der Waals surface area contributed by atoms with Gasteiger partial charge >= 0.3 is 0 Å². The zero-order valence-corrected chi connectivity index (χ0v) is 11.9. The van der Waals surface area contributed by atoms with E-state index in [4.69, 9.17) is 10.5 Å². The Balaban J connectivity index is 1.81. The average Bonchev–Trinajstić information content (AvgIpc) is 2.94. The first kappa shape index (κ1) is 13.2. The van der Waals surface area contributed by atoms with Gasteiger partial charge in [-0.15, -0.1) is 0 Å². The first-order valence-corrected chi connectivity index (χ1v) is 7.23. The molecule has 0 saturated carbocycles. The van der Waals surface area contributed by atoms with Gasteiger partial charge in [-0.05, 0) is 29.5 Å². The number of fused-ring (bicyclic) bond motifs is 1. The van der Waals surface area contributed by atoms with Crippen molar-refractivity contribution in [3.63, 3.8) is 0 Å². The van der Waals surface area contributed by atoms with Crippen molar-refractivity contribution in [3.05, 3.63) is 48.0 Å². The van der Waals surface area contributed by atoms with Gasteiger partial charge in [0.1, 0.15) is 24.6 Å². The Morgan fingerprint density at radius 3 is 2.82 bits per heavy atom. The highest BCUT2D eigenvalue weighted by Gasteiger charge is 2.47. The van der Waals surface area contributed by atoms with E-state index in [2.05, 4.69) is 15.0 Å². The van der Waals surface area contributed by atoms with Crippen LogP contribution in [0.3, 0.4) is 0 Å². The number of aliphatic hydroxyl groups excluding tert-OH is 1. The van der Waals surface area contributed by atoms with E-state index in [-0.39, 0.29) is 6.02 Å². The lowest BCUT2D eigenvalue weighted by Gasteiger charge is -2.36. The summed E-state index contributed by atoms with van der Waals surface area (Å²) in [5.41, 5.74) is 9.01. The van der Waals surface area contributed by atoms with Crippen LogP contribution in [0.4, 0.5) is 0 Å². The number of hydrogen-bond acceptors (Lipinski definition) is 6. The van der Waals surface area contributed by atoms with E-state index < -0.39 is 11.6 Å². The third-order valence-corrected chi connectivity index (χ3v) is 4.50. The molecule has 0 saturated heterocycles. The zero-order chi connectivity index (χ0) is 15.2. The van der Waals surface area contributed by atoms with Crippen LogP contribution < -0.4 is 5.73 Å². The molecule has 22 heavy (non-hydrogen) atoms. The Hall–Kier alpha value is -2.47. The fourth-order valence-electron chi connectivity index (χ4n) is 3.37. The van der Waals surface area contributed by atoms with Crippen LogP contribution in [0.2, 0.25) is 0 Å². The molecule has 1 aromatic carbocycles. The van der Waals surface area contributed by atoms with E-state index in [9.17, 15) is 5.11 Å². The number of benzene rings is 1. The number of aromatic nitrogens is 2. The van der Waals surface area contributed by atoms with E-state index in [1.807, 2.05) is 18.2 Å². The van der Waals surface area contributed by atoms with Gasteiger partial charge in [-0.3, -0.25) is 0 Å². The number of aliphatic imine (C=N–C) groups is 1. The highest BCUT2D eigenvalue weighted by molar-refractivity contribution is 5.74. The second-order valence-electron chi connectivity index (χ2n) is 5.75. The third kappa shape index (κ3) is 1.88. The molecule has 2 atom stereocenters. The van der Waals surface area contributed by atoms with E-state index >= 15 is 0 Å². The smallest absolute Gasteiger partial charge is 0.282 e. The monoisotopic (exact) mass is 296 g/mol. The summed E-state index contributed by atoms with van der Waals surface area (Å²) in [4.78, 5) is 12.5. The Morgan fingerprint density at radius 2 is 2.09 bits per heavy atom. The summed E-state index contributed by atoms with van der Waals surface area (Å²) in [6.07, 6.45) is 5.87. The predicted molar refractivity (Wildman–Crippen MR) is 81.1 cm³/mol. The number of aliphatic hydroxyl groups is 1. The lowest BCUT2D eigenvalue weighted by atomic mass is 9.74. The SMILES string of the molecule is NC1=N[C@@]2(CCc3c(-c4cncnc4)cccc3C2O)CO1. The van der Waals surface area contributed by atoms with Crippen molar-refractivity contribution in [2.24, 2.45) is 10.7 Å². The number of rotatable bonds is 1. The van der Waals surface area contributed by atoms with Crippen molar-refractivity contribution in [1.29, 1.82) is 0 Å². The molecule has 0 amide bonds. The standard InChI is InChI=1S/C16H16N4O2/c17-15-20-16(8-22-15)5-4-12-11(10-6-18-9-19-7-10)2-1-3-13(12)14(16)21/h1-3,6-7,9,14,21H,4-5,8H2,(H2,17,20)/t14?,16-/m0/s1. The molecule has 4 rings (SSSR count). The minimum Gasteiger partial charge on any atom is -0.463 e. The van der Waals surface area contributed by atoms with Crippen LogP contribution in [0.25, 0.3) is 11.1 Å². The molecule has 2 aliphatic rings. The highest BCUT2D eigenvalue weighted by Crippen LogP contribution is 2.44. The molecule has 1 aliphatic carbocycles. The molecule has 1 aromatic heterocycles. The maximum absolute atomic E-state index is 10.8. The Kier molecular flexibility index (Phi) is 2.87. The molecule has 0 fully saturated rings. The maximum Gasteiger partial charge on any atom is 0.282 e. The lowest BCUT2D eigenvalue weighted by molar-refractivity contribution is 0.0523. The minimum absolute atomic E-state index is 0.162. The van der Waals surface area contributed by atoms with Gasteiger partial charge in [-0.1, -0.05) is 18.2 Å². The van der Waals surface area contributed by atoms with Crippen LogP contribution in [0.1, 0.15) is 23.7 Å². The van der Waals surface area contributed by atoms with Crippen LogP contribution >= 0.6 is 0 Å². The second kappa shape index (κ2) is 4.78. The summed E-state index contributed by atoms with van der Waals surface area (Å²) in [5.74, 6) is 0. The normalized spacial score (nSPS) is 26.4. The summed E-state index contributed by atoms with van der Waals surface area (Å²) < 4.78 is 5.29. The quantitative estimate of drug-likeness (QED) is 0.825. The van der Waals surface area contributed by atoms with Crippen molar-refractivity contribution < 1.29 is 9.84 Å². The number of hydrogen-bond donors (Lipinski definition) is 2. The lowest BCUT2D eigenvalue weighted by Crippen LogP contribution is -2.40. The first-order valence-electron chi connectivity index (χ1n) is 7.23. The van der Waals surface area contributed by atoms with Crippen molar-refractivity contribution in [2.75, 3.05) is 6.61 Å². The molecule has 6 nitrogen and oxygen atoms in total. The molecule has 1 aliphatic heterocycles. The van der Waals surface area contributed by atoms with Crippen LogP contribution in [-0.2, 0) is 11.2 Å². The van der Waals surface area contributed by atoms with E-state index in [0.29, 0.717) is 13.0 Å². The third-order valence-electron chi connectivity index (χ3n) is 4.50. The van der Waals surface area contributed by atoms with Gasteiger partial charge in [0.2, 0.25) is 0 Å². The molecule has 2 heterocycles. The summed E-state index contributed by atoms with van der Waals surface area (Å²) in [6.45, 7) is 0.331. The second-order valence-corrected chi connectivity index (χ2v) is 5.75. The first-order chi connectivity index (χ1) is 10.7.